The van der Waals surface area contributed by atoms with E-state index in [1.165, 1.54) is 14.2 Å². The normalized spacial score (nSPS) is 13.1. The fourth-order valence-corrected chi connectivity index (χ4v) is 2.13. The molecule has 0 aromatic heterocycles. The van der Waals surface area contributed by atoms with E-state index in [1.807, 2.05) is 27.7 Å². The van der Waals surface area contributed by atoms with E-state index in [4.69, 9.17) is 18.9 Å². The SMILES string of the molecule is CCC(C)C(=O)OCC=Cc1c(OC)cc(OC(=O)C(C)CC)cc1OC. The van der Waals surface area contributed by atoms with E-state index in [0.717, 1.165) is 6.42 Å². The molecule has 0 aliphatic rings. The highest BCUT2D eigenvalue weighted by Gasteiger charge is 2.17. The summed E-state index contributed by atoms with van der Waals surface area (Å²) in [6.45, 7) is 7.66. The van der Waals surface area contributed by atoms with Crippen molar-refractivity contribution in [3.05, 3.63) is 23.8 Å². The monoisotopic (exact) mass is 378 g/mol. The average molecular weight is 378 g/mol. The number of methoxy groups -OCH3 is 2. The van der Waals surface area contributed by atoms with Crippen LogP contribution in [-0.2, 0) is 14.3 Å². The fraction of sp³-hybridized carbons (Fsp3) is 0.524. The molecule has 0 bridgehead atoms. The van der Waals surface area contributed by atoms with Crippen LogP contribution in [0.25, 0.3) is 6.08 Å². The van der Waals surface area contributed by atoms with Crippen molar-refractivity contribution in [2.45, 2.75) is 40.5 Å². The Morgan fingerprint density at radius 3 is 1.96 bits per heavy atom. The predicted molar refractivity (Wildman–Crippen MR) is 104 cm³/mol. The second-order valence-electron chi connectivity index (χ2n) is 6.31. The van der Waals surface area contributed by atoms with Crippen molar-refractivity contribution < 1.29 is 28.5 Å². The van der Waals surface area contributed by atoms with Crippen LogP contribution in [0.2, 0.25) is 0 Å². The van der Waals surface area contributed by atoms with E-state index in [-0.39, 0.29) is 30.4 Å². The molecular formula is C21H30O6. The molecule has 0 amide bonds. The molecule has 6 nitrogen and oxygen atoms in total. The minimum atomic E-state index is -0.304. The zero-order valence-electron chi connectivity index (χ0n) is 17.0. The second kappa shape index (κ2) is 11.3. The van der Waals surface area contributed by atoms with E-state index in [2.05, 4.69) is 0 Å². The predicted octanol–water partition coefficient (Wildman–Crippen LogP) is 4.26. The Morgan fingerprint density at radius 1 is 0.963 bits per heavy atom. The summed E-state index contributed by atoms with van der Waals surface area (Å²) in [5.74, 6) is 0.491. The molecule has 0 aliphatic heterocycles. The van der Waals surface area contributed by atoms with Crippen LogP contribution in [0.5, 0.6) is 17.2 Å². The number of rotatable bonds is 10. The van der Waals surface area contributed by atoms with Gasteiger partial charge in [-0.1, -0.05) is 27.7 Å². The van der Waals surface area contributed by atoms with Crippen molar-refractivity contribution in [1.29, 1.82) is 0 Å². The van der Waals surface area contributed by atoms with Gasteiger partial charge in [0.1, 0.15) is 23.9 Å². The van der Waals surface area contributed by atoms with Gasteiger partial charge in [-0.3, -0.25) is 9.59 Å². The van der Waals surface area contributed by atoms with E-state index in [9.17, 15) is 9.59 Å². The molecule has 2 atom stereocenters. The van der Waals surface area contributed by atoms with Crippen molar-refractivity contribution in [1.82, 2.24) is 0 Å². The van der Waals surface area contributed by atoms with Gasteiger partial charge in [0.05, 0.1) is 31.6 Å². The number of carbonyl (C=O) groups excluding carboxylic acids is 2. The Morgan fingerprint density at radius 2 is 1.48 bits per heavy atom. The third-order valence-electron chi connectivity index (χ3n) is 4.37. The van der Waals surface area contributed by atoms with Gasteiger partial charge in [-0.15, -0.1) is 0 Å². The fourth-order valence-electron chi connectivity index (χ4n) is 2.13. The lowest BCUT2D eigenvalue weighted by atomic mass is 10.1. The average Bonchev–Trinajstić information content (AvgIpc) is 2.69. The van der Waals surface area contributed by atoms with Crippen LogP contribution in [0, 0.1) is 11.8 Å². The molecule has 2 unspecified atom stereocenters. The maximum atomic E-state index is 12.0. The summed E-state index contributed by atoms with van der Waals surface area (Å²) in [6.07, 6.45) is 4.90. The lowest BCUT2D eigenvalue weighted by Crippen LogP contribution is -2.17. The molecule has 0 spiro atoms. The molecule has 0 saturated carbocycles. The molecule has 0 radical (unpaired) electrons. The molecule has 1 aromatic carbocycles. The minimum absolute atomic E-state index is 0.123. The molecule has 6 heteroatoms. The van der Waals surface area contributed by atoms with Crippen molar-refractivity contribution in [2.75, 3.05) is 20.8 Å². The van der Waals surface area contributed by atoms with Gasteiger partial charge in [0.25, 0.3) is 0 Å². The van der Waals surface area contributed by atoms with Gasteiger partial charge in [-0.25, -0.2) is 0 Å². The lowest BCUT2D eigenvalue weighted by molar-refractivity contribution is -0.146. The van der Waals surface area contributed by atoms with Gasteiger partial charge in [-0.2, -0.15) is 0 Å². The van der Waals surface area contributed by atoms with Gasteiger partial charge < -0.3 is 18.9 Å². The third kappa shape index (κ3) is 6.62. The molecule has 150 valence electrons. The molecule has 1 rings (SSSR count). The van der Waals surface area contributed by atoms with E-state index in [1.54, 1.807) is 24.3 Å². The zero-order valence-corrected chi connectivity index (χ0v) is 17.0. The third-order valence-corrected chi connectivity index (χ3v) is 4.37. The highest BCUT2D eigenvalue weighted by molar-refractivity contribution is 5.76. The molecule has 0 aliphatic carbocycles. The molecule has 0 fully saturated rings. The Bertz CT molecular complexity index is 640. The number of ether oxygens (including phenoxy) is 4. The van der Waals surface area contributed by atoms with Crippen molar-refractivity contribution in [3.63, 3.8) is 0 Å². The van der Waals surface area contributed by atoms with Crippen LogP contribution < -0.4 is 14.2 Å². The first kappa shape index (κ1) is 22.5. The summed E-state index contributed by atoms with van der Waals surface area (Å²) in [7, 11) is 3.05. The van der Waals surface area contributed by atoms with E-state index in [0.29, 0.717) is 29.2 Å². The standard InChI is InChI=1S/C21H30O6/c1-7-14(3)20(22)26-11-9-10-17-18(24-5)12-16(13-19(17)25-6)27-21(23)15(4)8-2/h9-10,12-15H,7-8,11H2,1-6H3. The number of hydrogen-bond acceptors (Lipinski definition) is 6. The van der Waals surface area contributed by atoms with Gasteiger partial charge in [0.2, 0.25) is 0 Å². The highest BCUT2D eigenvalue weighted by atomic mass is 16.5. The zero-order chi connectivity index (χ0) is 20.4. The summed E-state index contributed by atoms with van der Waals surface area (Å²) in [5, 5.41) is 0. The van der Waals surface area contributed by atoms with Gasteiger partial charge >= 0.3 is 11.9 Å². The molecule has 27 heavy (non-hydrogen) atoms. The van der Waals surface area contributed by atoms with Crippen molar-refractivity contribution in [2.24, 2.45) is 11.8 Å². The van der Waals surface area contributed by atoms with Crippen LogP contribution in [-0.4, -0.2) is 32.8 Å². The first-order valence-electron chi connectivity index (χ1n) is 9.18. The summed E-state index contributed by atoms with van der Waals surface area (Å²) in [4.78, 5) is 23.7. The number of hydrogen-bond donors (Lipinski definition) is 0. The van der Waals surface area contributed by atoms with Crippen molar-refractivity contribution in [3.8, 4) is 17.2 Å². The minimum Gasteiger partial charge on any atom is -0.496 e. The second-order valence-corrected chi connectivity index (χ2v) is 6.31. The maximum absolute atomic E-state index is 12.0. The Balaban J connectivity index is 2.95. The Labute approximate surface area is 161 Å². The summed E-state index contributed by atoms with van der Waals surface area (Å²) in [5.41, 5.74) is 0.669. The smallest absolute Gasteiger partial charge is 0.314 e. The van der Waals surface area contributed by atoms with E-state index < -0.39 is 0 Å². The van der Waals surface area contributed by atoms with Crippen LogP contribution in [0.4, 0.5) is 0 Å². The summed E-state index contributed by atoms with van der Waals surface area (Å²) in [6, 6.07) is 3.27. The molecular weight excluding hydrogens is 348 g/mol. The molecule has 0 heterocycles. The van der Waals surface area contributed by atoms with Crippen molar-refractivity contribution >= 4 is 18.0 Å². The topological polar surface area (TPSA) is 71.1 Å². The van der Waals surface area contributed by atoms with Gasteiger partial charge in [-0.05, 0) is 25.0 Å². The largest absolute Gasteiger partial charge is 0.496 e. The van der Waals surface area contributed by atoms with E-state index >= 15 is 0 Å². The van der Waals surface area contributed by atoms with Crippen LogP contribution in [0.3, 0.4) is 0 Å². The summed E-state index contributed by atoms with van der Waals surface area (Å²) < 4.78 is 21.4. The molecule has 0 N–H and O–H groups in total. The highest BCUT2D eigenvalue weighted by Crippen LogP contribution is 2.35. The number of carbonyl (C=O) groups is 2. The quantitative estimate of drug-likeness (QED) is 0.447. The first-order valence-corrected chi connectivity index (χ1v) is 9.18. The number of esters is 2. The van der Waals surface area contributed by atoms with Crippen LogP contribution >= 0.6 is 0 Å². The van der Waals surface area contributed by atoms with Crippen LogP contribution in [0.1, 0.15) is 46.1 Å². The van der Waals surface area contributed by atoms with Gasteiger partial charge in [0, 0.05) is 12.1 Å². The maximum Gasteiger partial charge on any atom is 0.314 e. The first-order chi connectivity index (χ1) is 12.9. The molecule has 0 saturated heterocycles. The van der Waals surface area contributed by atoms with Gasteiger partial charge in [0.15, 0.2) is 0 Å². The lowest BCUT2D eigenvalue weighted by Gasteiger charge is -2.14. The van der Waals surface area contributed by atoms with Crippen LogP contribution in [0.15, 0.2) is 18.2 Å². The number of benzene rings is 1. The Kier molecular flexibility index (Phi) is 9.40. The Hall–Kier alpha value is -2.50. The summed E-state index contributed by atoms with van der Waals surface area (Å²) >= 11 is 0. The molecule has 1 aromatic rings.